The Bertz CT molecular complexity index is 647. The smallest absolute Gasteiger partial charge is 0.341 e. The third-order valence-corrected chi connectivity index (χ3v) is 4.02. The van der Waals surface area contributed by atoms with Crippen molar-refractivity contribution in [2.75, 3.05) is 6.61 Å². The molecule has 0 spiro atoms. The van der Waals surface area contributed by atoms with E-state index >= 15 is 0 Å². The highest BCUT2D eigenvalue weighted by Gasteiger charge is 2.33. The Balaban J connectivity index is 2.08. The highest BCUT2D eigenvalue weighted by Crippen LogP contribution is 2.43. The van der Waals surface area contributed by atoms with Crippen molar-refractivity contribution in [1.29, 1.82) is 0 Å². The SMILES string of the molecule is CCOC(=O)c1cnn(-c2ccccc2Br)c1C1CC1. The lowest BCUT2D eigenvalue weighted by atomic mass is 10.1. The van der Waals surface area contributed by atoms with Gasteiger partial charge < -0.3 is 4.74 Å². The van der Waals surface area contributed by atoms with Crippen molar-refractivity contribution >= 4 is 21.9 Å². The van der Waals surface area contributed by atoms with E-state index in [0.29, 0.717) is 18.1 Å². The van der Waals surface area contributed by atoms with Crippen LogP contribution in [0.2, 0.25) is 0 Å². The van der Waals surface area contributed by atoms with Gasteiger partial charge >= 0.3 is 5.97 Å². The molecule has 0 unspecified atom stereocenters. The van der Waals surface area contributed by atoms with Gasteiger partial charge in [0.25, 0.3) is 0 Å². The second-order valence-corrected chi connectivity index (χ2v) is 5.66. The summed E-state index contributed by atoms with van der Waals surface area (Å²) in [6.45, 7) is 2.19. The minimum atomic E-state index is -0.285. The molecule has 0 bridgehead atoms. The number of hydrogen-bond acceptors (Lipinski definition) is 3. The monoisotopic (exact) mass is 334 g/mol. The molecule has 1 aliphatic rings. The van der Waals surface area contributed by atoms with Crippen LogP contribution in [0, 0.1) is 0 Å². The zero-order valence-corrected chi connectivity index (χ0v) is 12.8. The quantitative estimate of drug-likeness (QED) is 0.801. The molecule has 1 fully saturated rings. The van der Waals surface area contributed by atoms with Crippen LogP contribution in [0.15, 0.2) is 34.9 Å². The molecule has 0 aliphatic heterocycles. The van der Waals surface area contributed by atoms with Gasteiger partial charge in [-0.3, -0.25) is 0 Å². The van der Waals surface area contributed by atoms with Gasteiger partial charge in [0.05, 0.1) is 24.2 Å². The molecule has 0 amide bonds. The van der Waals surface area contributed by atoms with Crippen molar-refractivity contribution < 1.29 is 9.53 Å². The number of para-hydroxylation sites is 1. The first kappa shape index (κ1) is 13.4. The van der Waals surface area contributed by atoms with E-state index in [2.05, 4.69) is 21.0 Å². The molecule has 2 aromatic rings. The lowest BCUT2D eigenvalue weighted by Crippen LogP contribution is -2.09. The fraction of sp³-hybridized carbons (Fsp3) is 0.333. The Kier molecular flexibility index (Phi) is 3.61. The van der Waals surface area contributed by atoms with E-state index in [1.54, 1.807) is 6.20 Å². The summed E-state index contributed by atoms with van der Waals surface area (Å²) < 4.78 is 7.94. The summed E-state index contributed by atoms with van der Waals surface area (Å²) in [5.41, 5.74) is 2.51. The zero-order chi connectivity index (χ0) is 14.1. The number of nitrogens with zero attached hydrogens (tertiary/aromatic N) is 2. The van der Waals surface area contributed by atoms with Crippen LogP contribution in [-0.4, -0.2) is 22.4 Å². The van der Waals surface area contributed by atoms with Crippen LogP contribution in [0.1, 0.15) is 41.7 Å². The van der Waals surface area contributed by atoms with Crippen molar-refractivity contribution in [2.24, 2.45) is 0 Å². The molecule has 1 aliphatic carbocycles. The van der Waals surface area contributed by atoms with Gasteiger partial charge in [-0.2, -0.15) is 5.10 Å². The summed E-state index contributed by atoms with van der Waals surface area (Å²) in [4.78, 5) is 12.0. The average molecular weight is 335 g/mol. The molecule has 3 rings (SSSR count). The maximum Gasteiger partial charge on any atom is 0.341 e. The maximum atomic E-state index is 12.0. The number of aromatic nitrogens is 2. The van der Waals surface area contributed by atoms with Crippen molar-refractivity contribution in [2.45, 2.75) is 25.7 Å². The van der Waals surface area contributed by atoms with Gasteiger partial charge in [-0.05, 0) is 47.8 Å². The Morgan fingerprint density at radius 3 is 2.85 bits per heavy atom. The molecule has 1 heterocycles. The number of benzene rings is 1. The highest BCUT2D eigenvalue weighted by molar-refractivity contribution is 9.10. The first-order chi connectivity index (χ1) is 9.72. The number of halogens is 1. The van der Waals surface area contributed by atoms with Gasteiger partial charge in [-0.1, -0.05) is 12.1 Å². The minimum Gasteiger partial charge on any atom is -0.462 e. The molecule has 0 radical (unpaired) electrons. The molecule has 4 nitrogen and oxygen atoms in total. The van der Waals surface area contributed by atoms with Crippen molar-refractivity contribution in [3.63, 3.8) is 0 Å². The van der Waals surface area contributed by atoms with E-state index in [1.807, 2.05) is 35.9 Å². The molecule has 1 aromatic carbocycles. The molecular weight excluding hydrogens is 320 g/mol. The van der Waals surface area contributed by atoms with E-state index in [1.165, 1.54) is 0 Å². The van der Waals surface area contributed by atoms with Crippen LogP contribution in [0.3, 0.4) is 0 Å². The summed E-state index contributed by atoms with van der Waals surface area (Å²) in [5, 5.41) is 4.40. The normalized spacial score (nSPS) is 14.3. The molecular formula is C15H15BrN2O2. The van der Waals surface area contributed by atoms with E-state index in [9.17, 15) is 4.79 Å². The lowest BCUT2D eigenvalue weighted by Gasteiger charge is -2.10. The van der Waals surface area contributed by atoms with E-state index in [0.717, 1.165) is 28.7 Å². The van der Waals surface area contributed by atoms with E-state index in [-0.39, 0.29) is 5.97 Å². The molecule has 104 valence electrons. The predicted molar refractivity (Wildman–Crippen MR) is 79.2 cm³/mol. The minimum absolute atomic E-state index is 0.285. The molecule has 5 heteroatoms. The summed E-state index contributed by atoms with van der Waals surface area (Å²) in [7, 11) is 0. The summed E-state index contributed by atoms with van der Waals surface area (Å²) in [5.74, 6) is 0.122. The van der Waals surface area contributed by atoms with Crippen molar-refractivity contribution in [1.82, 2.24) is 9.78 Å². The number of ether oxygens (including phenoxy) is 1. The van der Waals surface area contributed by atoms with Gasteiger partial charge in [0.2, 0.25) is 0 Å². The Hall–Kier alpha value is -1.62. The third-order valence-electron chi connectivity index (χ3n) is 3.35. The third kappa shape index (κ3) is 2.38. The standard InChI is InChI=1S/C15H15BrN2O2/c1-2-20-15(19)11-9-17-18(14(11)10-7-8-10)13-6-4-3-5-12(13)16/h3-6,9-10H,2,7-8H2,1H3. The van der Waals surface area contributed by atoms with Crippen molar-refractivity contribution in [3.8, 4) is 5.69 Å². The number of carbonyl (C=O) groups excluding carboxylic acids is 1. The molecule has 1 aromatic heterocycles. The van der Waals surface area contributed by atoms with Crippen LogP contribution < -0.4 is 0 Å². The highest BCUT2D eigenvalue weighted by atomic mass is 79.9. The van der Waals surface area contributed by atoms with Crippen LogP contribution in [0.4, 0.5) is 0 Å². The van der Waals surface area contributed by atoms with Crippen LogP contribution in [0.25, 0.3) is 5.69 Å². The topological polar surface area (TPSA) is 44.1 Å². The largest absolute Gasteiger partial charge is 0.462 e. The average Bonchev–Trinajstić information content (AvgIpc) is 3.18. The fourth-order valence-corrected chi connectivity index (χ4v) is 2.74. The summed E-state index contributed by atoms with van der Waals surface area (Å²) in [6.07, 6.45) is 3.82. The second kappa shape index (κ2) is 5.40. The fourth-order valence-electron chi connectivity index (χ4n) is 2.29. The predicted octanol–water partition coefficient (Wildman–Crippen LogP) is 3.69. The summed E-state index contributed by atoms with van der Waals surface area (Å²) in [6, 6.07) is 7.87. The Labute approximate surface area is 125 Å². The second-order valence-electron chi connectivity index (χ2n) is 4.80. The molecule has 1 saturated carbocycles. The van der Waals surface area contributed by atoms with Crippen LogP contribution in [-0.2, 0) is 4.74 Å². The molecule has 0 N–H and O–H groups in total. The number of esters is 1. The lowest BCUT2D eigenvalue weighted by molar-refractivity contribution is 0.0525. The van der Waals surface area contributed by atoms with Crippen LogP contribution in [0.5, 0.6) is 0 Å². The van der Waals surface area contributed by atoms with Gasteiger partial charge in [0.1, 0.15) is 5.56 Å². The van der Waals surface area contributed by atoms with Gasteiger partial charge in [-0.25, -0.2) is 9.48 Å². The molecule has 0 atom stereocenters. The number of hydrogen-bond donors (Lipinski definition) is 0. The zero-order valence-electron chi connectivity index (χ0n) is 11.2. The molecule has 20 heavy (non-hydrogen) atoms. The van der Waals surface area contributed by atoms with E-state index in [4.69, 9.17) is 4.74 Å². The van der Waals surface area contributed by atoms with Crippen molar-refractivity contribution in [3.05, 3.63) is 46.2 Å². The first-order valence-corrected chi connectivity index (χ1v) is 7.51. The Morgan fingerprint density at radius 2 is 2.20 bits per heavy atom. The van der Waals surface area contributed by atoms with Gasteiger partial charge in [0, 0.05) is 10.4 Å². The molecule has 0 saturated heterocycles. The first-order valence-electron chi connectivity index (χ1n) is 6.72. The van der Waals surface area contributed by atoms with Gasteiger partial charge in [0.15, 0.2) is 0 Å². The number of rotatable bonds is 4. The number of carbonyl (C=O) groups is 1. The maximum absolute atomic E-state index is 12.0. The summed E-state index contributed by atoms with van der Waals surface area (Å²) >= 11 is 3.54. The van der Waals surface area contributed by atoms with E-state index < -0.39 is 0 Å². The Morgan fingerprint density at radius 1 is 1.45 bits per heavy atom. The van der Waals surface area contributed by atoms with Gasteiger partial charge in [-0.15, -0.1) is 0 Å². The van der Waals surface area contributed by atoms with Crippen LogP contribution >= 0.6 is 15.9 Å².